The minimum atomic E-state index is -4.35. The zero-order chi connectivity index (χ0) is 22.1. The number of nitrogens with zero attached hydrogens (tertiary/aromatic N) is 1. The third-order valence-electron chi connectivity index (χ3n) is 6.44. The number of halogens is 3. The standard InChI is InChI=1S/C20H28F3N5O2/c1-10-13(7-17(29)26-11(2)14-4-3-12(8-24)9-25-14)19(30)27-15-5-6-16(20(21,22)23)28-18(10)15/h11-12,14-16,18,25,28H,3-7,9H2,1-2H3,(H,26,29)(H,27,30)/t11-,12?,14?,15?,16?,18?/m0/s1. The van der Waals surface area contributed by atoms with Crippen LogP contribution in [0.5, 0.6) is 0 Å². The van der Waals surface area contributed by atoms with Gasteiger partial charge in [-0.3, -0.25) is 14.9 Å². The summed E-state index contributed by atoms with van der Waals surface area (Å²) in [7, 11) is 0. The number of nitrogens with one attached hydrogen (secondary N) is 4. The molecule has 166 valence electrons. The van der Waals surface area contributed by atoms with E-state index in [4.69, 9.17) is 5.26 Å². The van der Waals surface area contributed by atoms with Crippen LogP contribution in [0.4, 0.5) is 13.2 Å². The molecule has 2 saturated heterocycles. The van der Waals surface area contributed by atoms with Crippen molar-refractivity contribution in [2.24, 2.45) is 5.92 Å². The van der Waals surface area contributed by atoms with Crippen LogP contribution in [0.1, 0.15) is 46.0 Å². The first kappa shape index (κ1) is 22.6. The van der Waals surface area contributed by atoms with E-state index in [0.29, 0.717) is 12.1 Å². The van der Waals surface area contributed by atoms with Gasteiger partial charge in [-0.15, -0.1) is 0 Å². The van der Waals surface area contributed by atoms with Crippen LogP contribution < -0.4 is 21.3 Å². The van der Waals surface area contributed by atoms with Crippen LogP contribution in [0, 0.1) is 17.2 Å². The zero-order valence-electron chi connectivity index (χ0n) is 17.1. The van der Waals surface area contributed by atoms with Crippen LogP contribution in [0.3, 0.4) is 0 Å². The topological polar surface area (TPSA) is 106 Å². The highest BCUT2D eigenvalue weighted by molar-refractivity contribution is 6.00. The van der Waals surface area contributed by atoms with Crippen LogP contribution in [-0.2, 0) is 9.59 Å². The summed E-state index contributed by atoms with van der Waals surface area (Å²) in [5.74, 6) is -0.770. The quantitative estimate of drug-likeness (QED) is 0.541. The molecule has 3 aliphatic rings. The summed E-state index contributed by atoms with van der Waals surface area (Å²) in [6, 6.07) is -0.587. The predicted molar refractivity (Wildman–Crippen MR) is 103 cm³/mol. The predicted octanol–water partition coefficient (Wildman–Crippen LogP) is 1.27. The summed E-state index contributed by atoms with van der Waals surface area (Å²) in [6.07, 6.45) is -2.87. The lowest BCUT2D eigenvalue weighted by Gasteiger charge is -2.42. The summed E-state index contributed by atoms with van der Waals surface area (Å²) >= 11 is 0. The van der Waals surface area contributed by atoms with E-state index < -0.39 is 30.2 Å². The van der Waals surface area contributed by atoms with E-state index in [1.165, 1.54) is 0 Å². The van der Waals surface area contributed by atoms with Gasteiger partial charge >= 0.3 is 6.18 Å². The Hall–Kier alpha value is -2.12. The Morgan fingerprint density at radius 2 is 2.03 bits per heavy atom. The molecule has 3 rings (SSSR count). The number of hydrogen-bond acceptors (Lipinski definition) is 5. The number of rotatable bonds is 4. The third-order valence-corrected chi connectivity index (χ3v) is 6.44. The molecule has 0 aromatic rings. The molecule has 30 heavy (non-hydrogen) atoms. The van der Waals surface area contributed by atoms with Crippen molar-refractivity contribution in [2.75, 3.05) is 6.54 Å². The molecule has 0 bridgehead atoms. The minimum absolute atomic E-state index is 0.0284. The molecule has 2 amide bonds. The maximum absolute atomic E-state index is 13.1. The van der Waals surface area contributed by atoms with Gasteiger partial charge in [0.05, 0.1) is 18.4 Å². The van der Waals surface area contributed by atoms with Crippen molar-refractivity contribution in [3.8, 4) is 6.07 Å². The van der Waals surface area contributed by atoms with Crippen LogP contribution >= 0.6 is 0 Å². The first-order valence-corrected chi connectivity index (χ1v) is 10.4. The normalized spacial score (nSPS) is 33.2. The van der Waals surface area contributed by atoms with E-state index in [-0.39, 0.29) is 48.7 Å². The third kappa shape index (κ3) is 4.95. The van der Waals surface area contributed by atoms with Gasteiger partial charge in [0.1, 0.15) is 6.04 Å². The van der Waals surface area contributed by atoms with Gasteiger partial charge in [-0.1, -0.05) is 0 Å². The molecule has 3 heterocycles. The second-order valence-corrected chi connectivity index (χ2v) is 8.51. The van der Waals surface area contributed by atoms with Crippen LogP contribution in [0.15, 0.2) is 11.1 Å². The fourth-order valence-corrected chi connectivity index (χ4v) is 4.59. The Labute approximate surface area is 173 Å². The van der Waals surface area contributed by atoms with Crippen molar-refractivity contribution in [3.05, 3.63) is 11.1 Å². The monoisotopic (exact) mass is 427 g/mol. The van der Waals surface area contributed by atoms with Crippen molar-refractivity contribution in [1.82, 2.24) is 21.3 Å². The largest absolute Gasteiger partial charge is 0.403 e. The van der Waals surface area contributed by atoms with Crippen molar-refractivity contribution in [3.63, 3.8) is 0 Å². The molecule has 0 aliphatic carbocycles. The summed E-state index contributed by atoms with van der Waals surface area (Å²) in [5.41, 5.74) is 0.713. The SMILES string of the molecule is CC1=C(CC(=O)N[C@@H](C)C2CCC(C#N)CN2)C(=O)NC2CCC(C(F)(F)F)NC12. The fraction of sp³-hybridized carbons (Fsp3) is 0.750. The lowest BCUT2D eigenvalue weighted by atomic mass is 9.83. The number of fused-ring (bicyclic) bond motifs is 1. The summed E-state index contributed by atoms with van der Waals surface area (Å²) in [5, 5.41) is 20.5. The fourth-order valence-electron chi connectivity index (χ4n) is 4.59. The van der Waals surface area contributed by atoms with Crippen molar-refractivity contribution in [2.45, 2.75) is 82.3 Å². The molecule has 0 saturated carbocycles. The Kier molecular flexibility index (Phi) is 6.72. The molecular formula is C20H28F3N5O2. The van der Waals surface area contributed by atoms with Gasteiger partial charge in [0, 0.05) is 36.3 Å². The van der Waals surface area contributed by atoms with E-state index in [2.05, 4.69) is 27.3 Å². The minimum Gasteiger partial charge on any atom is -0.352 e. The number of piperidine rings is 2. The average Bonchev–Trinajstić information content (AvgIpc) is 2.70. The first-order chi connectivity index (χ1) is 14.1. The van der Waals surface area contributed by atoms with Crippen LogP contribution in [0.2, 0.25) is 0 Å². The highest BCUT2D eigenvalue weighted by Gasteiger charge is 2.47. The number of amides is 2. The maximum atomic E-state index is 13.1. The van der Waals surface area contributed by atoms with Gasteiger partial charge in [0.2, 0.25) is 11.8 Å². The number of carbonyl (C=O) groups is 2. The Bertz CT molecular complexity index is 753. The highest BCUT2D eigenvalue weighted by atomic mass is 19.4. The van der Waals surface area contributed by atoms with E-state index in [1.54, 1.807) is 6.92 Å². The summed E-state index contributed by atoms with van der Waals surface area (Å²) < 4.78 is 39.4. The van der Waals surface area contributed by atoms with Gasteiger partial charge in [-0.25, -0.2) is 0 Å². The second kappa shape index (κ2) is 8.94. The summed E-state index contributed by atoms with van der Waals surface area (Å²) in [4.78, 5) is 25.0. The Balaban J connectivity index is 1.62. The van der Waals surface area contributed by atoms with Gasteiger partial charge in [-0.05, 0) is 45.1 Å². The van der Waals surface area contributed by atoms with Gasteiger partial charge in [-0.2, -0.15) is 18.4 Å². The molecule has 2 fully saturated rings. The Morgan fingerprint density at radius 1 is 1.30 bits per heavy atom. The number of alkyl halides is 3. The molecule has 0 aromatic carbocycles. The first-order valence-electron chi connectivity index (χ1n) is 10.4. The van der Waals surface area contributed by atoms with E-state index in [0.717, 1.165) is 12.8 Å². The van der Waals surface area contributed by atoms with Crippen LogP contribution in [-0.4, -0.2) is 54.7 Å². The number of hydrogen-bond donors (Lipinski definition) is 4. The lowest BCUT2D eigenvalue weighted by Crippen LogP contribution is -2.63. The molecule has 5 unspecified atom stereocenters. The molecule has 0 radical (unpaired) electrons. The van der Waals surface area contributed by atoms with Crippen molar-refractivity contribution < 1.29 is 22.8 Å². The molecule has 10 heteroatoms. The Morgan fingerprint density at radius 3 is 2.63 bits per heavy atom. The summed E-state index contributed by atoms with van der Waals surface area (Å²) in [6.45, 7) is 4.05. The molecule has 4 N–H and O–H groups in total. The van der Waals surface area contributed by atoms with Gasteiger partial charge in [0.25, 0.3) is 0 Å². The smallest absolute Gasteiger partial charge is 0.352 e. The van der Waals surface area contributed by atoms with Crippen molar-refractivity contribution >= 4 is 11.8 Å². The second-order valence-electron chi connectivity index (χ2n) is 8.51. The van der Waals surface area contributed by atoms with E-state index in [1.807, 2.05) is 6.92 Å². The molecule has 7 nitrogen and oxygen atoms in total. The number of nitriles is 1. The van der Waals surface area contributed by atoms with E-state index in [9.17, 15) is 22.8 Å². The molecule has 3 aliphatic heterocycles. The van der Waals surface area contributed by atoms with Crippen molar-refractivity contribution in [1.29, 1.82) is 5.26 Å². The highest BCUT2D eigenvalue weighted by Crippen LogP contribution is 2.32. The molecule has 6 atom stereocenters. The van der Waals surface area contributed by atoms with Gasteiger partial charge in [0.15, 0.2) is 0 Å². The molecule has 0 aromatic heterocycles. The average molecular weight is 427 g/mol. The molecule has 0 spiro atoms. The van der Waals surface area contributed by atoms with Gasteiger partial charge < -0.3 is 16.0 Å². The lowest BCUT2D eigenvalue weighted by molar-refractivity contribution is -0.163. The zero-order valence-corrected chi connectivity index (χ0v) is 17.1. The maximum Gasteiger partial charge on any atom is 0.403 e. The van der Waals surface area contributed by atoms with E-state index >= 15 is 0 Å². The van der Waals surface area contributed by atoms with Crippen LogP contribution in [0.25, 0.3) is 0 Å². The molecular weight excluding hydrogens is 399 g/mol. The number of carbonyl (C=O) groups excluding carboxylic acids is 2.